The molecule has 1 aromatic heterocycles. The van der Waals surface area contributed by atoms with Crippen LogP contribution in [0, 0.1) is 12.7 Å². The van der Waals surface area contributed by atoms with Crippen molar-refractivity contribution in [3.05, 3.63) is 83.8 Å². The molecule has 2 N–H and O–H groups in total. The van der Waals surface area contributed by atoms with E-state index in [4.69, 9.17) is 16.3 Å². The third kappa shape index (κ3) is 4.49. The number of methoxy groups -OCH3 is 1. The van der Waals surface area contributed by atoms with E-state index in [-0.39, 0.29) is 22.2 Å². The van der Waals surface area contributed by atoms with Crippen LogP contribution in [-0.4, -0.2) is 23.0 Å². The average molecular weight is 463 g/mol. The van der Waals surface area contributed by atoms with Crippen LogP contribution in [0.5, 0.6) is 5.75 Å². The summed E-state index contributed by atoms with van der Waals surface area (Å²) in [6.45, 7) is 5.39. The molecule has 3 aromatic carbocycles. The zero-order valence-corrected chi connectivity index (χ0v) is 18.7. The van der Waals surface area contributed by atoms with E-state index in [1.165, 1.54) is 19.3 Å². The molecule has 0 saturated carbocycles. The highest BCUT2D eigenvalue weighted by molar-refractivity contribution is 6.33. The van der Waals surface area contributed by atoms with E-state index in [1.807, 2.05) is 19.1 Å². The molecule has 0 atom stereocenters. The molecule has 0 bridgehead atoms. The fourth-order valence-corrected chi connectivity index (χ4v) is 3.69. The molecular weight excluding hydrogens is 443 g/mol. The Bertz CT molecular complexity index is 1390. The molecular formula is C25H20ClFN4O2. The van der Waals surface area contributed by atoms with Crippen LogP contribution in [0.25, 0.3) is 22.0 Å². The summed E-state index contributed by atoms with van der Waals surface area (Å²) >= 11 is 6.26. The summed E-state index contributed by atoms with van der Waals surface area (Å²) in [5.74, 6) is -0.386. The largest absolute Gasteiger partial charge is 0.494 e. The van der Waals surface area contributed by atoms with Crippen LogP contribution in [-0.2, 0) is 4.79 Å². The number of aryl methyl sites for hydroxylation is 1. The number of fused-ring (bicyclic) bond motifs is 1. The van der Waals surface area contributed by atoms with Gasteiger partial charge < -0.3 is 15.4 Å². The van der Waals surface area contributed by atoms with Gasteiger partial charge in [0, 0.05) is 17.1 Å². The molecule has 33 heavy (non-hydrogen) atoms. The van der Waals surface area contributed by atoms with E-state index in [0.717, 1.165) is 5.56 Å². The Balaban J connectivity index is 1.70. The number of hydrogen-bond acceptors (Lipinski definition) is 5. The molecule has 8 heteroatoms. The molecule has 0 spiro atoms. The van der Waals surface area contributed by atoms with E-state index >= 15 is 0 Å². The molecule has 1 heterocycles. The number of anilines is 3. The van der Waals surface area contributed by atoms with Gasteiger partial charge in [0.05, 0.1) is 29.0 Å². The van der Waals surface area contributed by atoms with Crippen molar-refractivity contribution in [2.75, 3.05) is 17.7 Å². The molecule has 0 unspecified atom stereocenters. The first-order valence-corrected chi connectivity index (χ1v) is 10.4. The zero-order valence-electron chi connectivity index (χ0n) is 17.9. The number of hydrogen-bond donors (Lipinski definition) is 2. The maximum absolute atomic E-state index is 14.8. The van der Waals surface area contributed by atoms with Gasteiger partial charge in [-0.15, -0.1) is 0 Å². The lowest BCUT2D eigenvalue weighted by molar-refractivity contribution is -0.111. The number of amides is 1. The topological polar surface area (TPSA) is 76.1 Å². The van der Waals surface area contributed by atoms with Crippen LogP contribution in [0.15, 0.2) is 67.4 Å². The minimum atomic E-state index is -0.530. The van der Waals surface area contributed by atoms with Crippen molar-refractivity contribution in [1.29, 1.82) is 0 Å². The summed E-state index contributed by atoms with van der Waals surface area (Å²) in [6, 6.07) is 13.9. The molecule has 0 aliphatic carbocycles. The Kier molecular flexibility index (Phi) is 6.24. The van der Waals surface area contributed by atoms with Gasteiger partial charge in [0.1, 0.15) is 0 Å². The fraction of sp³-hybridized carbons (Fsp3) is 0.0800. The maximum Gasteiger partial charge on any atom is 0.247 e. The van der Waals surface area contributed by atoms with Crippen molar-refractivity contribution in [1.82, 2.24) is 9.97 Å². The van der Waals surface area contributed by atoms with Crippen molar-refractivity contribution in [3.63, 3.8) is 0 Å². The van der Waals surface area contributed by atoms with E-state index in [1.54, 1.807) is 36.5 Å². The molecule has 6 nitrogen and oxygen atoms in total. The first-order valence-electron chi connectivity index (χ1n) is 10.0. The van der Waals surface area contributed by atoms with Gasteiger partial charge in [-0.25, -0.2) is 14.4 Å². The number of para-hydroxylation sites is 1. The third-order valence-corrected chi connectivity index (χ3v) is 5.41. The normalized spacial score (nSPS) is 10.7. The Hall–Kier alpha value is -3.97. The van der Waals surface area contributed by atoms with Gasteiger partial charge in [0.2, 0.25) is 11.9 Å². The SMILES string of the molecule is C=CC(=O)Nc1cccc(C)c1Nc1ncc2cc(-c3c(Cl)ccc(OC)c3F)ccc2n1. The molecule has 0 aliphatic heterocycles. The lowest BCUT2D eigenvalue weighted by Crippen LogP contribution is -2.10. The molecule has 4 rings (SSSR count). The number of ether oxygens (including phenoxy) is 1. The van der Waals surface area contributed by atoms with Gasteiger partial charge in [-0.2, -0.15) is 0 Å². The second kappa shape index (κ2) is 9.26. The van der Waals surface area contributed by atoms with Gasteiger partial charge in [-0.1, -0.05) is 36.4 Å². The molecule has 0 aliphatic rings. The number of benzene rings is 3. The molecule has 166 valence electrons. The number of carbonyl (C=O) groups is 1. The number of rotatable bonds is 6. The predicted molar refractivity (Wildman–Crippen MR) is 130 cm³/mol. The first kappa shape index (κ1) is 22.2. The second-order valence-corrected chi connectivity index (χ2v) is 7.63. The van der Waals surface area contributed by atoms with Gasteiger partial charge >= 0.3 is 0 Å². The van der Waals surface area contributed by atoms with Crippen LogP contribution in [0.2, 0.25) is 5.02 Å². The van der Waals surface area contributed by atoms with Gasteiger partial charge in [-0.05, 0) is 54.5 Å². The smallest absolute Gasteiger partial charge is 0.247 e. The number of nitrogens with one attached hydrogen (secondary N) is 2. The number of halogens is 2. The van der Waals surface area contributed by atoms with E-state index in [0.29, 0.717) is 33.8 Å². The number of aromatic nitrogens is 2. The Labute approximate surface area is 195 Å². The molecule has 0 saturated heterocycles. The lowest BCUT2D eigenvalue weighted by atomic mass is 10.0. The van der Waals surface area contributed by atoms with Crippen LogP contribution in [0.3, 0.4) is 0 Å². The highest BCUT2D eigenvalue weighted by Gasteiger charge is 2.16. The van der Waals surface area contributed by atoms with E-state index in [9.17, 15) is 9.18 Å². The van der Waals surface area contributed by atoms with Crippen molar-refractivity contribution in [2.24, 2.45) is 0 Å². The van der Waals surface area contributed by atoms with Crippen LogP contribution < -0.4 is 15.4 Å². The zero-order chi connectivity index (χ0) is 23.5. The Morgan fingerprint density at radius 2 is 2.03 bits per heavy atom. The van der Waals surface area contributed by atoms with Crippen molar-refractivity contribution >= 4 is 45.7 Å². The first-order chi connectivity index (χ1) is 15.9. The minimum absolute atomic E-state index is 0.114. The third-order valence-electron chi connectivity index (χ3n) is 5.10. The van der Waals surface area contributed by atoms with Crippen LogP contribution in [0.1, 0.15) is 5.56 Å². The van der Waals surface area contributed by atoms with Crippen molar-refractivity contribution in [2.45, 2.75) is 6.92 Å². The molecule has 0 fully saturated rings. The van der Waals surface area contributed by atoms with E-state index < -0.39 is 5.82 Å². The summed E-state index contributed by atoms with van der Waals surface area (Å²) in [7, 11) is 1.40. The highest BCUT2D eigenvalue weighted by atomic mass is 35.5. The molecule has 4 aromatic rings. The monoisotopic (exact) mass is 462 g/mol. The lowest BCUT2D eigenvalue weighted by Gasteiger charge is -2.14. The minimum Gasteiger partial charge on any atom is -0.494 e. The number of nitrogens with zero attached hydrogens (tertiary/aromatic N) is 2. The van der Waals surface area contributed by atoms with Crippen molar-refractivity contribution in [3.8, 4) is 16.9 Å². The predicted octanol–water partition coefficient (Wildman–Crippen LogP) is 6.27. The van der Waals surface area contributed by atoms with E-state index in [2.05, 4.69) is 27.2 Å². The molecule has 0 radical (unpaired) electrons. The molecule has 1 amide bonds. The van der Waals surface area contributed by atoms with Gasteiger partial charge in [-0.3, -0.25) is 4.79 Å². The van der Waals surface area contributed by atoms with Crippen LogP contribution in [0.4, 0.5) is 21.7 Å². The van der Waals surface area contributed by atoms with Crippen LogP contribution >= 0.6 is 11.6 Å². The van der Waals surface area contributed by atoms with Gasteiger partial charge in [0.25, 0.3) is 0 Å². The Morgan fingerprint density at radius 1 is 1.21 bits per heavy atom. The summed E-state index contributed by atoms with van der Waals surface area (Å²) in [4.78, 5) is 20.7. The average Bonchev–Trinajstić information content (AvgIpc) is 2.81. The second-order valence-electron chi connectivity index (χ2n) is 7.22. The summed E-state index contributed by atoms with van der Waals surface area (Å²) < 4.78 is 19.9. The van der Waals surface area contributed by atoms with Gasteiger partial charge in [0.15, 0.2) is 11.6 Å². The Morgan fingerprint density at radius 3 is 2.79 bits per heavy atom. The quantitative estimate of drug-likeness (QED) is 0.330. The summed E-state index contributed by atoms with van der Waals surface area (Å²) in [5, 5.41) is 6.93. The summed E-state index contributed by atoms with van der Waals surface area (Å²) in [5.41, 5.74) is 3.65. The maximum atomic E-state index is 14.8. The fourth-order valence-electron chi connectivity index (χ4n) is 3.44. The highest BCUT2D eigenvalue weighted by Crippen LogP contribution is 2.36. The van der Waals surface area contributed by atoms with Crippen molar-refractivity contribution < 1.29 is 13.9 Å². The standard InChI is InChI=1S/C25H20ClFN4O2/c1-4-21(32)29-19-7-5-6-14(2)24(19)31-25-28-13-16-12-15(8-10-18(16)30-25)22-17(26)9-11-20(33-3)23(22)27/h4-13H,1H2,2-3H3,(H,29,32)(H,28,30,31). The summed E-state index contributed by atoms with van der Waals surface area (Å²) in [6.07, 6.45) is 2.84. The number of carbonyl (C=O) groups excluding carboxylic acids is 1.